The van der Waals surface area contributed by atoms with Gasteiger partial charge < -0.3 is 15.3 Å². The Bertz CT molecular complexity index is 968. The second-order valence-electron chi connectivity index (χ2n) is 5.60. The first-order valence-electron chi connectivity index (χ1n) is 7.74. The van der Waals surface area contributed by atoms with E-state index in [9.17, 15) is 4.79 Å². The van der Waals surface area contributed by atoms with Crippen LogP contribution < -0.4 is 5.32 Å². The highest BCUT2D eigenvalue weighted by Gasteiger charge is 2.09. The van der Waals surface area contributed by atoms with Crippen molar-refractivity contribution in [1.82, 2.24) is 15.0 Å². The van der Waals surface area contributed by atoms with Gasteiger partial charge in [-0.1, -0.05) is 18.2 Å². The van der Waals surface area contributed by atoms with Gasteiger partial charge in [-0.3, -0.25) is 4.79 Å². The number of fused-ring (bicyclic) bond motifs is 1. The SMILES string of the molecule is O=C(Cc1c[nH]c2ccccc12)Nc1ccc(-c2ncc[nH]2)cc1. The Labute approximate surface area is 138 Å². The molecule has 0 atom stereocenters. The lowest BCUT2D eigenvalue weighted by molar-refractivity contribution is -0.115. The number of benzene rings is 2. The summed E-state index contributed by atoms with van der Waals surface area (Å²) in [5.41, 5.74) is 3.79. The number of carbonyl (C=O) groups excluding carboxylic acids is 1. The molecule has 5 nitrogen and oxygen atoms in total. The van der Waals surface area contributed by atoms with Gasteiger partial charge in [0.1, 0.15) is 5.82 Å². The zero-order chi connectivity index (χ0) is 16.4. The summed E-state index contributed by atoms with van der Waals surface area (Å²) in [6, 6.07) is 15.6. The van der Waals surface area contributed by atoms with Crippen LogP contribution in [0.15, 0.2) is 67.1 Å². The van der Waals surface area contributed by atoms with Crippen LogP contribution in [-0.4, -0.2) is 20.9 Å². The van der Waals surface area contributed by atoms with Gasteiger partial charge in [0, 0.05) is 40.7 Å². The second-order valence-corrected chi connectivity index (χ2v) is 5.60. The summed E-state index contributed by atoms with van der Waals surface area (Å²) in [7, 11) is 0. The summed E-state index contributed by atoms with van der Waals surface area (Å²) in [5, 5.41) is 4.02. The van der Waals surface area contributed by atoms with E-state index in [0.717, 1.165) is 33.5 Å². The van der Waals surface area contributed by atoms with Crippen LogP contribution in [0.5, 0.6) is 0 Å². The van der Waals surface area contributed by atoms with Crippen LogP contribution >= 0.6 is 0 Å². The Morgan fingerprint density at radius 3 is 2.67 bits per heavy atom. The third-order valence-corrected chi connectivity index (χ3v) is 3.97. The van der Waals surface area contributed by atoms with Crippen molar-refractivity contribution in [3.05, 3.63) is 72.7 Å². The first-order valence-corrected chi connectivity index (χ1v) is 7.74. The molecule has 0 aliphatic heterocycles. The molecule has 5 heteroatoms. The van der Waals surface area contributed by atoms with Crippen LogP contribution in [0.3, 0.4) is 0 Å². The zero-order valence-electron chi connectivity index (χ0n) is 12.9. The molecule has 0 aliphatic rings. The maximum atomic E-state index is 12.3. The molecule has 1 amide bonds. The molecular weight excluding hydrogens is 300 g/mol. The number of amides is 1. The summed E-state index contributed by atoms with van der Waals surface area (Å²) in [6.07, 6.45) is 5.73. The van der Waals surface area contributed by atoms with Crippen molar-refractivity contribution in [2.75, 3.05) is 5.32 Å². The molecule has 0 aliphatic carbocycles. The number of para-hydroxylation sites is 1. The smallest absolute Gasteiger partial charge is 0.228 e. The van der Waals surface area contributed by atoms with Crippen molar-refractivity contribution in [3.63, 3.8) is 0 Å². The fourth-order valence-corrected chi connectivity index (χ4v) is 2.79. The number of nitrogens with one attached hydrogen (secondary N) is 3. The Morgan fingerprint density at radius 2 is 1.88 bits per heavy atom. The molecule has 0 bridgehead atoms. The highest BCUT2D eigenvalue weighted by molar-refractivity contribution is 5.95. The van der Waals surface area contributed by atoms with Crippen molar-refractivity contribution < 1.29 is 4.79 Å². The normalized spacial score (nSPS) is 10.8. The van der Waals surface area contributed by atoms with Crippen molar-refractivity contribution in [1.29, 1.82) is 0 Å². The number of H-pyrrole nitrogens is 2. The van der Waals surface area contributed by atoms with Crippen LogP contribution in [0.2, 0.25) is 0 Å². The molecule has 0 saturated carbocycles. The fourth-order valence-electron chi connectivity index (χ4n) is 2.79. The molecular formula is C19H16N4O. The maximum Gasteiger partial charge on any atom is 0.228 e. The minimum Gasteiger partial charge on any atom is -0.361 e. The molecule has 0 unspecified atom stereocenters. The van der Waals surface area contributed by atoms with E-state index in [4.69, 9.17) is 0 Å². The molecule has 24 heavy (non-hydrogen) atoms. The lowest BCUT2D eigenvalue weighted by Gasteiger charge is -2.06. The molecule has 0 saturated heterocycles. The molecule has 118 valence electrons. The van der Waals surface area contributed by atoms with Gasteiger partial charge >= 0.3 is 0 Å². The molecule has 2 aromatic carbocycles. The number of rotatable bonds is 4. The Morgan fingerprint density at radius 1 is 1.04 bits per heavy atom. The van der Waals surface area contributed by atoms with E-state index < -0.39 is 0 Å². The van der Waals surface area contributed by atoms with Gasteiger partial charge in [0.2, 0.25) is 5.91 Å². The summed E-state index contributed by atoms with van der Waals surface area (Å²) in [6.45, 7) is 0. The van der Waals surface area contributed by atoms with Crippen molar-refractivity contribution >= 4 is 22.5 Å². The minimum atomic E-state index is -0.0366. The second kappa shape index (κ2) is 6.04. The summed E-state index contributed by atoms with van der Waals surface area (Å²) in [4.78, 5) is 22.8. The maximum absolute atomic E-state index is 12.3. The van der Waals surface area contributed by atoms with Gasteiger partial charge in [0.05, 0.1) is 6.42 Å². The fraction of sp³-hybridized carbons (Fsp3) is 0.0526. The lowest BCUT2D eigenvalue weighted by atomic mass is 10.1. The standard InChI is InChI=1S/C19H16N4O/c24-18(11-14-12-22-17-4-2-1-3-16(14)17)23-15-7-5-13(6-8-15)19-20-9-10-21-19/h1-10,12,22H,11H2,(H,20,21)(H,23,24). The van der Waals surface area contributed by atoms with Crippen LogP contribution in [0.4, 0.5) is 5.69 Å². The predicted molar refractivity (Wildman–Crippen MR) is 94.7 cm³/mol. The minimum absolute atomic E-state index is 0.0366. The first kappa shape index (κ1) is 14.3. The number of aromatic amines is 2. The van der Waals surface area contributed by atoms with E-state index >= 15 is 0 Å². The molecule has 4 rings (SSSR count). The number of carbonyl (C=O) groups is 1. The molecule has 0 spiro atoms. The van der Waals surface area contributed by atoms with E-state index in [1.165, 1.54) is 0 Å². The number of nitrogens with zero attached hydrogens (tertiary/aromatic N) is 1. The van der Waals surface area contributed by atoms with Crippen molar-refractivity contribution in [3.8, 4) is 11.4 Å². The van der Waals surface area contributed by atoms with E-state index in [0.29, 0.717) is 6.42 Å². The average molecular weight is 316 g/mol. The number of hydrogen-bond acceptors (Lipinski definition) is 2. The first-order chi connectivity index (χ1) is 11.8. The van der Waals surface area contributed by atoms with Gasteiger partial charge in [0.15, 0.2) is 0 Å². The summed E-state index contributed by atoms with van der Waals surface area (Å²) < 4.78 is 0. The Kier molecular flexibility index (Phi) is 3.59. The third-order valence-electron chi connectivity index (χ3n) is 3.97. The Hall–Kier alpha value is -3.34. The Balaban J connectivity index is 1.46. The monoisotopic (exact) mass is 316 g/mol. The highest BCUT2D eigenvalue weighted by Crippen LogP contribution is 2.20. The quantitative estimate of drug-likeness (QED) is 0.536. The number of aromatic nitrogens is 3. The molecule has 2 heterocycles. The number of anilines is 1. The van der Waals surface area contributed by atoms with Crippen LogP contribution in [0, 0.1) is 0 Å². The topological polar surface area (TPSA) is 73.6 Å². The largest absolute Gasteiger partial charge is 0.361 e. The van der Waals surface area contributed by atoms with Gasteiger partial charge in [-0.2, -0.15) is 0 Å². The average Bonchev–Trinajstić information content (AvgIpc) is 3.26. The van der Waals surface area contributed by atoms with Gasteiger partial charge in [-0.15, -0.1) is 0 Å². The molecule has 4 aromatic rings. The van der Waals surface area contributed by atoms with E-state index in [-0.39, 0.29) is 5.91 Å². The summed E-state index contributed by atoms with van der Waals surface area (Å²) in [5.74, 6) is 0.775. The van der Waals surface area contributed by atoms with E-state index in [2.05, 4.69) is 20.3 Å². The highest BCUT2D eigenvalue weighted by atomic mass is 16.1. The van der Waals surface area contributed by atoms with Crippen LogP contribution in [0.1, 0.15) is 5.56 Å². The van der Waals surface area contributed by atoms with Crippen molar-refractivity contribution in [2.24, 2.45) is 0 Å². The molecule has 2 aromatic heterocycles. The molecule has 0 fully saturated rings. The summed E-state index contributed by atoms with van der Waals surface area (Å²) >= 11 is 0. The predicted octanol–water partition coefficient (Wildman–Crippen LogP) is 3.74. The van der Waals surface area contributed by atoms with E-state index in [1.807, 2.05) is 54.7 Å². The lowest BCUT2D eigenvalue weighted by Crippen LogP contribution is -2.14. The zero-order valence-corrected chi connectivity index (χ0v) is 12.9. The molecule has 0 radical (unpaired) electrons. The van der Waals surface area contributed by atoms with Gasteiger partial charge in [-0.05, 0) is 35.9 Å². The number of hydrogen-bond donors (Lipinski definition) is 3. The van der Waals surface area contributed by atoms with Crippen molar-refractivity contribution in [2.45, 2.75) is 6.42 Å². The molecule has 3 N–H and O–H groups in total. The van der Waals surface area contributed by atoms with E-state index in [1.54, 1.807) is 12.4 Å². The van der Waals surface area contributed by atoms with Gasteiger partial charge in [-0.25, -0.2) is 4.98 Å². The third kappa shape index (κ3) is 2.79. The number of imidazole rings is 1. The van der Waals surface area contributed by atoms with Gasteiger partial charge in [0.25, 0.3) is 0 Å². The van der Waals surface area contributed by atoms with Crippen LogP contribution in [-0.2, 0) is 11.2 Å². The van der Waals surface area contributed by atoms with Crippen LogP contribution in [0.25, 0.3) is 22.3 Å².